The van der Waals surface area contributed by atoms with Crippen molar-refractivity contribution in [3.05, 3.63) is 0 Å². The molecule has 0 aromatic carbocycles. The molecule has 1 saturated carbocycles. The molecule has 1 rings (SSSR count). The van der Waals surface area contributed by atoms with Gasteiger partial charge >= 0.3 is 0 Å². The van der Waals surface area contributed by atoms with Crippen molar-refractivity contribution >= 4 is 0 Å². The monoisotopic (exact) mass is 147 g/mol. The lowest BCUT2D eigenvalue weighted by atomic mass is 10.1. The zero-order valence-electron chi connectivity index (χ0n) is 5.73. The van der Waals surface area contributed by atoms with E-state index in [4.69, 9.17) is 16.1 Å². The first-order chi connectivity index (χ1) is 4.74. The minimum absolute atomic E-state index is 0.218. The molecule has 0 aliphatic heterocycles. The van der Waals surface area contributed by atoms with E-state index in [-0.39, 0.29) is 5.92 Å². The zero-order chi connectivity index (χ0) is 7.56. The van der Waals surface area contributed by atoms with E-state index >= 15 is 0 Å². The molecule has 10 heavy (non-hydrogen) atoms. The van der Waals surface area contributed by atoms with E-state index in [2.05, 4.69) is 4.84 Å². The largest absolute Gasteiger partial charge is 0.390 e. The maximum absolute atomic E-state index is 9.05. The first kappa shape index (κ1) is 7.94. The summed E-state index contributed by atoms with van der Waals surface area (Å²) in [6.45, 7) is 0.425. The summed E-state index contributed by atoms with van der Waals surface area (Å²) in [6, 6.07) is 0. The molecule has 0 radical (unpaired) electrons. The Morgan fingerprint density at radius 3 is 2.20 bits per heavy atom. The number of aliphatic hydroxyl groups is 2. The van der Waals surface area contributed by atoms with Gasteiger partial charge in [0, 0.05) is 0 Å². The smallest absolute Gasteiger partial charge is 0.0802 e. The first-order valence-electron chi connectivity index (χ1n) is 3.42. The number of rotatable bonds is 2. The lowest BCUT2D eigenvalue weighted by Gasteiger charge is -2.04. The normalized spacial score (nSPS) is 40.5. The van der Waals surface area contributed by atoms with Crippen molar-refractivity contribution in [2.24, 2.45) is 11.8 Å². The predicted octanol–water partition coefficient (Wildman–Crippen LogP) is -0.992. The maximum Gasteiger partial charge on any atom is 0.0802 e. The molecule has 1 aliphatic rings. The van der Waals surface area contributed by atoms with E-state index in [9.17, 15) is 0 Å². The number of hydrogen-bond donors (Lipinski definition) is 3. The summed E-state index contributed by atoms with van der Waals surface area (Å²) in [6.07, 6.45) is 0.0248. The topological polar surface area (TPSA) is 75.7 Å². The Labute approximate surface area is 59.6 Å². The zero-order valence-corrected chi connectivity index (χ0v) is 5.73. The van der Waals surface area contributed by atoms with Crippen molar-refractivity contribution in [1.29, 1.82) is 0 Å². The van der Waals surface area contributed by atoms with Crippen molar-refractivity contribution in [1.82, 2.24) is 0 Å². The quantitative estimate of drug-likeness (QED) is 0.438. The molecule has 0 spiro atoms. The van der Waals surface area contributed by atoms with Crippen LogP contribution in [-0.2, 0) is 4.84 Å². The molecule has 0 bridgehead atoms. The van der Waals surface area contributed by atoms with E-state index in [1.807, 2.05) is 0 Å². The second-order valence-corrected chi connectivity index (χ2v) is 2.81. The third kappa shape index (κ3) is 1.67. The summed E-state index contributed by atoms with van der Waals surface area (Å²) in [5, 5.41) is 18.1. The van der Waals surface area contributed by atoms with E-state index in [1.165, 1.54) is 0 Å². The van der Waals surface area contributed by atoms with Crippen molar-refractivity contribution in [3.8, 4) is 0 Å². The van der Waals surface area contributed by atoms with Gasteiger partial charge in [0.05, 0.1) is 18.8 Å². The Balaban J connectivity index is 2.27. The lowest BCUT2D eigenvalue weighted by Crippen LogP contribution is -2.17. The molecular weight excluding hydrogens is 134 g/mol. The summed E-state index contributed by atoms with van der Waals surface area (Å²) in [5.41, 5.74) is 0. The average Bonchev–Trinajstić information content (AvgIpc) is 2.14. The average molecular weight is 147 g/mol. The van der Waals surface area contributed by atoms with Crippen LogP contribution >= 0.6 is 0 Å². The van der Waals surface area contributed by atoms with E-state index in [0.717, 1.165) is 0 Å². The molecule has 0 amide bonds. The standard InChI is InChI=1S/C6H13NO3/c7-10-3-4-1-5(8)6(9)2-4/h4-6,8-9H,1-3,7H2/t4-,5-,6+. The van der Waals surface area contributed by atoms with Gasteiger partial charge in [-0.15, -0.1) is 0 Å². The summed E-state index contributed by atoms with van der Waals surface area (Å²) >= 11 is 0. The summed E-state index contributed by atoms with van der Waals surface area (Å²) in [5.74, 6) is 5.05. The fourth-order valence-corrected chi connectivity index (χ4v) is 1.37. The highest BCUT2D eigenvalue weighted by molar-refractivity contribution is 4.82. The SMILES string of the molecule is NOC[C@@H]1C[C@@H](O)[C@@H](O)C1. The molecule has 0 aromatic rings. The van der Waals surface area contributed by atoms with E-state index < -0.39 is 12.2 Å². The molecule has 1 aliphatic carbocycles. The van der Waals surface area contributed by atoms with Crippen molar-refractivity contribution < 1.29 is 15.1 Å². The molecule has 4 heteroatoms. The number of hydrogen-bond acceptors (Lipinski definition) is 4. The molecule has 4 nitrogen and oxygen atoms in total. The van der Waals surface area contributed by atoms with Gasteiger partial charge in [-0.1, -0.05) is 0 Å². The molecule has 0 saturated heterocycles. The highest BCUT2D eigenvalue weighted by atomic mass is 16.6. The Kier molecular flexibility index (Phi) is 2.62. The number of aliphatic hydroxyl groups excluding tert-OH is 2. The molecule has 0 heterocycles. The van der Waals surface area contributed by atoms with Crippen LogP contribution in [0, 0.1) is 5.92 Å². The molecule has 3 atom stereocenters. The van der Waals surface area contributed by atoms with Crippen LogP contribution in [0.2, 0.25) is 0 Å². The van der Waals surface area contributed by atoms with Crippen LogP contribution in [-0.4, -0.2) is 29.0 Å². The van der Waals surface area contributed by atoms with Crippen LogP contribution in [0.1, 0.15) is 12.8 Å². The van der Waals surface area contributed by atoms with Gasteiger partial charge in [0.25, 0.3) is 0 Å². The fourth-order valence-electron chi connectivity index (χ4n) is 1.37. The van der Waals surface area contributed by atoms with Gasteiger partial charge in [-0.05, 0) is 18.8 Å². The third-order valence-electron chi connectivity index (χ3n) is 1.93. The second-order valence-electron chi connectivity index (χ2n) is 2.81. The molecule has 0 unspecified atom stereocenters. The van der Waals surface area contributed by atoms with Gasteiger partial charge in [0.15, 0.2) is 0 Å². The summed E-state index contributed by atoms with van der Waals surface area (Å²) in [7, 11) is 0. The van der Waals surface area contributed by atoms with Crippen molar-refractivity contribution in [2.45, 2.75) is 25.0 Å². The second kappa shape index (κ2) is 3.30. The third-order valence-corrected chi connectivity index (χ3v) is 1.93. The van der Waals surface area contributed by atoms with Crippen LogP contribution < -0.4 is 5.90 Å². The Morgan fingerprint density at radius 2 is 1.80 bits per heavy atom. The van der Waals surface area contributed by atoms with Crippen molar-refractivity contribution in [3.63, 3.8) is 0 Å². The van der Waals surface area contributed by atoms with Gasteiger partial charge in [-0.2, -0.15) is 0 Å². The van der Waals surface area contributed by atoms with Gasteiger partial charge in [0.1, 0.15) is 0 Å². The first-order valence-corrected chi connectivity index (χ1v) is 3.42. The van der Waals surface area contributed by atoms with Crippen molar-refractivity contribution in [2.75, 3.05) is 6.61 Å². The molecule has 60 valence electrons. The highest BCUT2D eigenvalue weighted by Crippen LogP contribution is 2.25. The minimum Gasteiger partial charge on any atom is -0.390 e. The maximum atomic E-state index is 9.05. The van der Waals surface area contributed by atoms with Crippen LogP contribution in [0.4, 0.5) is 0 Å². The van der Waals surface area contributed by atoms with Crippen LogP contribution in [0.15, 0.2) is 0 Å². The van der Waals surface area contributed by atoms with E-state index in [0.29, 0.717) is 19.4 Å². The molecule has 0 aromatic heterocycles. The van der Waals surface area contributed by atoms with Crippen LogP contribution in [0.5, 0.6) is 0 Å². The molecule has 1 fully saturated rings. The number of nitrogens with two attached hydrogens (primary N) is 1. The van der Waals surface area contributed by atoms with Crippen LogP contribution in [0.3, 0.4) is 0 Å². The predicted molar refractivity (Wildman–Crippen MR) is 34.9 cm³/mol. The summed E-state index contributed by atoms with van der Waals surface area (Å²) < 4.78 is 0. The lowest BCUT2D eigenvalue weighted by molar-refractivity contribution is 0.0438. The minimum atomic E-state index is -0.583. The van der Waals surface area contributed by atoms with Gasteiger partial charge < -0.3 is 15.1 Å². The van der Waals surface area contributed by atoms with Gasteiger partial charge in [-0.3, -0.25) is 0 Å². The summed E-state index contributed by atoms with van der Waals surface area (Å²) in [4.78, 5) is 4.40. The van der Waals surface area contributed by atoms with E-state index in [1.54, 1.807) is 0 Å². The Morgan fingerprint density at radius 1 is 1.30 bits per heavy atom. The van der Waals surface area contributed by atoms with Crippen LogP contribution in [0.25, 0.3) is 0 Å². The molecule has 4 N–H and O–H groups in total. The fraction of sp³-hybridized carbons (Fsp3) is 1.00. The van der Waals surface area contributed by atoms with Gasteiger partial charge in [-0.25, -0.2) is 5.90 Å². The highest BCUT2D eigenvalue weighted by Gasteiger charge is 2.31. The Bertz CT molecular complexity index is 99.2. The van der Waals surface area contributed by atoms with Gasteiger partial charge in [0.2, 0.25) is 0 Å². The molecular formula is C6H13NO3. The Hall–Kier alpha value is -0.160.